The summed E-state index contributed by atoms with van der Waals surface area (Å²) in [5.41, 5.74) is 6.95. The fourth-order valence-corrected chi connectivity index (χ4v) is 2.68. The van der Waals surface area contributed by atoms with Crippen LogP contribution in [0.25, 0.3) is 0 Å². The van der Waals surface area contributed by atoms with Gasteiger partial charge in [0.25, 0.3) is 5.69 Å². The van der Waals surface area contributed by atoms with Crippen LogP contribution in [-0.2, 0) is 0 Å². The van der Waals surface area contributed by atoms with Crippen LogP contribution >= 0.6 is 0 Å². The molecule has 0 amide bonds. The van der Waals surface area contributed by atoms with Crippen LogP contribution in [0.15, 0.2) is 18.2 Å². The third kappa shape index (κ3) is 2.96. The molecule has 0 saturated carbocycles. The second-order valence-corrected chi connectivity index (χ2v) is 4.90. The third-order valence-electron chi connectivity index (χ3n) is 3.61. The van der Waals surface area contributed by atoms with Gasteiger partial charge in [-0.25, -0.2) is 0 Å². The first-order chi connectivity index (χ1) is 9.13. The number of likely N-dealkylation sites (N-methyl/N-ethyl adjacent to an activating group) is 1. The number of nitro benzene ring substituents is 1. The number of nitrogen functional groups attached to an aromatic ring is 1. The summed E-state index contributed by atoms with van der Waals surface area (Å²) in [4.78, 5) is 12.6. The summed E-state index contributed by atoms with van der Waals surface area (Å²) in [7, 11) is 1.94. The maximum absolute atomic E-state index is 10.8. The SMILES string of the molecule is CNCC1CCCCN1c1ccc([N+](=O)[O-])c(N)c1. The van der Waals surface area contributed by atoms with Crippen LogP contribution in [0.3, 0.4) is 0 Å². The van der Waals surface area contributed by atoms with Crippen molar-refractivity contribution in [1.82, 2.24) is 5.32 Å². The quantitative estimate of drug-likeness (QED) is 0.491. The molecule has 2 rings (SSSR count). The molecule has 1 unspecified atom stereocenters. The van der Waals surface area contributed by atoms with Crippen molar-refractivity contribution < 1.29 is 4.92 Å². The van der Waals surface area contributed by atoms with Gasteiger partial charge in [-0.3, -0.25) is 10.1 Å². The second kappa shape index (κ2) is 5.88. The zero-order valence-electron chi connectivity index (χ0n) is 11.1. The molecule has 104 valence electrons. The number of rotatable bonds is 4. The summed E-state index contributed by atoms with van der Waals surface area (Å²) in [6.45, 7) is 1.89. The maximum Gasteiger partial charge on any atom is 0.292 e. The van der Waals surface area contributed by atoms with Crippen molar-refractivity contribution in [1.29, 1.82) is 0 Å². The maximum atomic E-state index is 10.8. The molecule has 0 aromatic heterocycles. The van der Waals surface area contributed by atoms with Gasteiger partial charge < -0.3 is 16.0 Å². The summed E-state index contributed by atoms with van der Waals surface area (Å²) < 4.78 is 0. The Labute approximate surface area is 112 Å². The van der Waals surface area contributed by atoms with Crippen molar-refractivity contribution in [3.63, 3.8) is 0 Å². The molecule has 1 fully saturated rings. The van der Waals surface area contributed by atoms with Gasteiger partial charge in [-0.05, 0) is 38.4 Å². The summed E-state index contributed by atoms with van der Waals surface area (Å²) >= 11 is 0. The monoisotopic (exact) mass is 264 g/mol. The fraction of sp³-hybridized carbons (Fsp3) is 0.538. The van der Waals surface area contributed by atoms with Crippen LogP contribution < -0.4 is 16.0 Å². The van der Waals surface area contributed by atoms with Crippen molar-refractivity contribution >= 4 is 17.1 Å². The van der Waals surface area contributed by atoms with Crippen LogP contribution in [0.1, 0.15) is 19.3 Å². The Morgan fingerprint density at radius 3 is 2.95 bits per heavy atom. The fourth-order valence-electron chi connectivity index (χ4n) is 2.68. The Hall–Kier alpha value is -1.82. The van der Waals surface area contributed by atoms with E-state index in [2.05, 4.69) is 10.2 Å². The van der Waals surface area contributed by atoms with Gasteiger partial charge in [0.15, 0.2) is 0 Å². The number of hydrogen-bond donors (Lipinski definition) is 2. The lowest BCUT2D eigenvalue weighted by Crippen LogP contribution is -2.45. The van der Waals surface area contributed by atoms with Crippen LogP contribution in [-0.4, -0.2) is 31.1 Å². The number of nitrogens with one attached hydrogen (secondary N) is 1. The van der Waals surface area contributed by atoms with E-state index in [-0.39, 0.29) is 11.4 Å². The van der Waals surface area contributed by atoms with Gasteiger partial charge in [-0.2, -0.15) is 0 Å². The van der Waals surface area contributed by atoms with Crippen molar-refractivity contribution in [3.05, 3.63) is 28.3 Å². The van der Waals surface area contributed by atoms with Crippen LogP contribution in [0.4, 0.5) is 17.1 Å². The zero-order chi connectivity index (χ0) is 13.8. The molecule has 3 N–H and O–H groups in total. The Morgan fingerprint density at radius 1 is 1.53 bits per heavy atom. The molecule has 0 bridgehead atoms. The highest BCUT2D eigenvalue weighted by Gasteiger charge is 2.23. The zero-order valence-corrected chi connectivity index (χ0v) is 11.1. The van der Waals surface area contributed by atoms with E-state index in [9.17, 15) is 10.1 Å². The van der Waals surface area contributed by atoms with E-state index in [4.69, 9.17) is 5.73 Å². The molecule has 1 heterocycles. The van der Waals surface area contributed by atoms with Crippen molar-refractivity contribution in [2.45, 2.75) is 25.3 Å². The van der Waals surface area contributed by atoms with E-state index in [1.165, 1.54) is 12.5 Å². The lowest BCUT2D eigenvalue weighted by Gasteiger charge is -2.37. The molecular weight excluding hydrogens is 244 g/mol. The number of nitrogens with zero attached hydrogens (tertiary/aromatic N) is 2. The van der Waals surface area contributed by atoms with Gasteiger partial charge in [-0.15, -0.1) is 0 Å². The molecule has 1 aromatic carbocycles. The molecule has 1 aliphatic rings. The van der Waals surface area contributed by atoms with Gasteiger partial charge >= 0.3 is 0 Å². The molecule has 1 saturated heterocycles. The Morgan fingerprint density at radius 2 is 2.32 bits per heavy atom. The third-order valence-corrected chi connectivity index (χ3v) is 3.61. The normalized spacial score (nSPS) is 19.4. The first kappa shape index (κ1) is 13.6. The predicted octanol–water partition coefficient (Wildman–Crippen LogP) is 1.76. The number of nitro groups is 1. The lowest BCUT2D eigenvalue weighted by atomic mass is 10.0. The minimum atomic E-state index is -0.444. The Balaban J connectivity index is 2.24. The van der Waals surface area contributed by atoms with Crippen molar-refractivity contribution in [3.8, 4) is 0 Å². The van der Waals surface area contributed by atoms with E-state index in [1.807, 2.05) is 7.05 Å². The topological polar surface area (TPSA) is 84.4 Å². The van der Waals surface area contributed by atoms with E-state index in [1.54, 1.807) is 12.1 Å². The highest BCUT2D eigenvalue weighted by atomic mass is 16.6. The average molecular weight is 264 g/mol. The molecule has 0 radical (unpaired) electrons. The first-order valence-electron chi connectivity index (χ1n) is 6.58. The van der Waals surface area contributed by atoms with Gasteiger partial charge in [-0.1, -0.05) is 0 Å². The van der Waals surface area contributed by atoms with Crippen molar-refractivity contribution in [2.24, 2.45) is 0 Å². The summed E-state index contributed by atoms with van der Waals surface area (Å²) in [6, 6.07) is 5.43. The van der Waals surface area contributed by atoms with Crippen molar-refractivity contribution in [2.75, 3.05) is 30.8 Å². The molecule has 0 spiro atoms. The number of hydrogen-bond acceptors (Lipinski definition) is 5. The van der Waals surface area contributed by atoms with E-state index in [0.717, 1.165) is 31.6 Å². The largest absolute Gasteiger partial charge is 0.393 e. The van der Waals surface area contributed by atoms with Gasteiger partial charge in [0.2, 0.25) is 0 Å². The van der Waals surface area contributed by atoms with Gasteiger partial charge in [0.1, 0.15) is 5.69 Å². The summed E-state index contributed by atoms with van der Waals surface area (Å²) in [5.74, 6) is 0. The molecule has 1 atom stereocenters. The Bertz CT molecular complexity index is 462. The summed E-state index contributed by atoms with van der Waals surface area (Å²) in [5, 5.41) is 14.0. The molecule has 1 aromatic rings. The molecule has 19 heavy (non-hydrogen) atoms. The van der Waals surface area contributed by atoms with E-state index in [0.29, 0.717) is 6.04 Å². The highest BCUT2D eigenvalue weighted by Crippen LogP contribution is 2.30. The van der Waals surface area contributed by atoms with E-state index < -0.39 is 4.92 Å². The van der Waals surface area contributed by atoms with Gasteiger partial charge in [0.05, 0.1) is 4.92 Å². The lowest BCUT2D eigenvalue weighted by molar-refractivity contribution is -0.383. The van der Waals surface area contributed by atoms with Gasteiger partial charge in [0, 0.05) is 30.9 Å². The number of benzene rings is 1. The smallest absolute Gasteiger partial charge is 0.292 e. The van der Waals surface area contributed by atoms with E-state index >= 15 is 0 Å². The summed E-state index contributed by atoms with van der Waals surface area (Å²) in [6.07, 6.45) is 3.51. The molecule has 0 aliphatic carbocycles. The molecule has 6 heteroatoms. The minimum absolute atomic E-state index is 0.0223. The number of anilines is 2. The molecular formula is C13H20N4O2. The molecule has 6 nitrogen and oxygen atoms in total. The van der Waals surface area contributed by atoms with Crippen LogP contribution in [0.5, 0.6) is 0 Å². The number of nitrogens with two attached hydrogens (primary N) is 1. The first-order valence-corrected chi connectivity index (χ1v) is 6.58. The molecule has 1 aliphatic heterocycles. The standard InChI is InChI=1S/C13H20N4O2/c1-15-9-11-4-2-3-7-16(11)10-5-6-13(17(18)19)12(14)8-10/h5-6,8,11,15H,2-4,7,9,14H2,1H3. The Kier molecular flexibility index (Phi) is 4.21. The number of piperidine rings is 1. The van der Waals surface area contributed by atoms with Crippen LogP contribution in [0.2, 0.25) is 0 Å². The minimum Gasteiger partial charge on any atom is -0.393 e. The average Bonchev–Trinajstić information content (AvgIpc) is 2.39. The predicted molar refractivity (Wildman–Crippen MR) is 76.4 cm³/mol. The van der Waals surface area contributed by atoms with Crippen LogP contribution in [0, 0.1) is 10.1 Å². The highest BCUT2D eigenvalue weighted by molar-refractivity contribution is 5.67. The second-order valence-electron chi connectivity index (χ2n) is 4.90.